The third-order valence-corrected chi connectivity index (χ3v) is 20.3. The Morgan fingerprint density at radius 2 is 0.495 bits per heavy atom. The number of phosphoric ester groups is 2. The van der Waals surface area contributed by atoms with Crippen molar-refractivity contribution in [2.45, 2.75) is 414 Å². The molecule has 0 amide bonds. The van der Waals surface area contributed by atoms with E-state index < -0.39 is 97.5 Å². The van der Waals surface area contributed by atoms with Crippen LogP contribution in [-0.2, 0) is 65.4 Å². The second-order valence-corrected chi connectivity index (χ2v) is 32.7. The molecule has 3 unspecified atom stereocenters. The fourth-order valence-electron chi connectivity index (χ4n) is 11.9. The van der Waals surface area contributed by atoms with Crippen molar-refractivity contribution in [1.82, 2.24) is 0 Å². The summed E-state index contributed by atoms with van der Waals surface area (Å²) in [6.45, 7) is 14.2. The molecule has 0 saturated heterocycles. The molecule has 0 aliphatic carbocycles. The van der Waals surface area contributed by atoms with Gasteiger partial charge in [0.15, 0.2) is 12.2 Å². The van der Waals surface area contributed by atoms with E-state index in [2.05, 4.69) is 55.4 Å². The number of hydrogen-bond acceptors (Lipinski definition) is 15. The van der Waals surface area contributed by atoms with E-state index in [-0.39, 0.29) is 25.7 Å². The molecule has 0 aliphatic rings. The van der Waals surface area contributed by atoms with Gasteiger partial charge in [-0.05, 0) is 49.4 Å². The van der Waals surface area contributed by atoms with Crippen LogP contribution < -0.4 is 0 Å². The highest BCUT2D eigenvalue weighted by Gasteiger charge is 2.30. The van der Waals surface area contributed by atoms with Crippen LogP contribution in [0.3, 0.4) is 0 Å². The maximum absolute atomic E-state index is 13.1. The zero-order chi connectivity index (χ0) is 71.7. The summed E-state index contributed by atoms with van der Waals surface area (Å²) in [6, 6.07) is 0. The molecular weight excluding hydrogens is 1270 g/mol. The van der Waals surface area contributed by atoms with Crippen molar-refractivity contribution < 1.29 is 80.2 Å². The van der Waals surface area contributed by atoms with Gasteiger partial charge >= 0.3 is 39.5 Å². The number of hydrogen-bond donors (Lipinski definition) is 3. The normalized spacial score (nSPS) is 14.4. The summed E-state index contributed by atoms with van der Waals surface area (Å²) in [6.07, 6.45) is 53.0. The summed E-state index contributed by atoms with van der Waals surface area (Å²) < 4.78 is 68.5. The Morgan fingerprint density at radius 1 is 0.289 bits per heavy atom. The Morgan fingerprint density at radius 3 is 0.732 bits per heavy atom. The molecule has 0 heterocycles. The van der Waals surface area contributed by atoms with Crippen LogP contribution in [0.2, 0.25) is 0 Å². The number of aliphatic hydroxyl groups excluding tert-OH is 1. The fourth-order valence-corrected chi connectivity index (χ4v) is 13.5. The zero-order valence-corrected chi connectivity index (χ0v) is 65.5. The summed E-state index contributed by atoms with van der Waals surface area (Å²) >= 11 is 0. The molecule has 0 rings (SSSR count). The third-order valence-electron chi connectivity index (χ3n) is 18.4. The molecule has 0 spiro atoms. The number of carbonyl (C=O) groups is 4. The number of ether oxygens (including phenoxy) is 4. The SMILES string of the molecule is CCC(C)CCCCCCCCCCCCCCCCCCCCC(=O)O[C@H](COC(=O)CCCCCCCCC(C)C)COP(=O)(O)OC[C@H](O)COP(=O)(O)OC[C@@H](COC(=O)CCCCCCCCCCCC(C)C)OC(=O)CCCCCCCCCCCCCC(C)C. The van der Waals surface area contributed by atoms with Crippen molar-refractivity contribution in [3.8, 4) is 0 Å². The first-order valence-electron chi connectivity index (χ1n) is 40.2. The molecule has 97 heavy (non-hydrogen) atoms. The lowest BCUT2D eigenvalue weighted by atomic mass is 9.99. The zero-order valence-electron chi connectivity index (χ0n) is 63.7. The monoisotopic (exact) mass is 1420 g/mol. The van der Waals surface area contributed by atoms with Crippen LogP contribution in [0.4, 0.5) is 0 Å². The molecule has 0 aromatic heterocycles. The Hall–Kier alpha value is -1.94. The van der Waals surface area contributed by atoms with E-state index in [4.69, 9.17) is 37.0 Å². The Labute approximate surface area is 594 Å². The maximum Gasteiger partial charge on any atom is 0.472 e. The van der Waals surface area contributed by atoms with Gasteiger partial charge in [-0.15, -0.1) is 0 Å². The molecule has 0 radical (unpaired) electrons. The average Bonchev–Trinajstić information content (AvgIpc) is 1.23. The molecule has 3 N–H and O–H groups in total. The van der Waals surface area contributed by atoms with Gasteiger partial charge in [0.05, 0.1) is 26.4 Å². The van der Waals surface area contributed by atoms with E-state index in [9.17, 15) is 43.2 Å². The highest BCUT2D eigenvalue weighted by Crippen LogP contribution is 2.45. The van der Waals surface area contributed by atoms with Gasteiger partial charge < -0.3 is 33.8 Å². The minimum Gasteiger partial charge on any atom is -0.462 e. The van der Waals surface area contributed by atoms with Gasteiger partial charge in [-0.3, -0.25) is 37.3 Å². The fraction of sp³-hybridized carbons (Fsp3) is 0.949. The van der Waals surface area contributed by atoms with Crippen molar-refractivity contribution in [3.05, 3.63) is 0 Å². The van der Waals surface area contributed by atoms with E-state index in [0.717, 1.165) is 114 Å². The van der Waals surface area contributed by atoms with Gasteiger partial charge in [-0.1, -0.05) is 344 Å². The number of unbranched alkanes of at least 4 members (excludes halogenated alkanes) is 40. The van der Waals surface area contributed by atoms with Crippen LogP contribution in [0.5, 0.6) is 0 Å². The van der Waals surface area contributed by atoms with Gasteiger partial charge in [-0.25, -0.2) is 9.13 Å². The quantitative estimate of drug-likeness (QED) is 0.0222. The highest BCUT2D eigenvalue weighted by atomic mass is 31.2. The maximum atomic E-state index is 13.1. The first kappa shape index (κ1) is 95.1. The predicted octanol–water partition coefficient (Wildman–Crippen LogP) is 22.8. The van der Waals surface area contributed by atoms with Crippen molar-refractivity contribution in [3.63, 3.8) is 0 Å². The molecule has 19 heteroatoms. The Balaban J connectivity index is 5.17. The number of aliphatic hydroxyl groups is 1. The topological polar surface area (TPSA) is 237 Å². The van der Waals surface area contributed by atoms with E-state index in [0.29, 0.717) is 31.6 Å². The summed E-state index contributed by atoms with van der Waals surface area (Å²) in [5.41, 5.74) is 0. The van der Waals surface area contributed by atoms with Crippen LogP contribution in [0, 0.1) is 23.7 Å². The van der Waals surface area contributed by atoms with Gasteiger partial charge in [0, 0.05) is 25.7 Å². The Bertz CT molecular complexity index is 1900. The van der Waals surface area contributed by atoms with E-state index in [1.807, 2.05) is 0 Å². The van der Waals surface area contributed by atoms with Crippen molar-refractivity contribution >= 4 is 39.5 Å². The molecule has 17 nitrogen and oxygen atoms in total. The summed E-state index contributed by atoms with van der Waals surface area (Å²) in [4.78, 5) is 72.8. The smallest absolute Gasteiger partial charge is 0.462 e. The minimum absolute atomic E-state index is 0.106. The van der Waals surface area contributed by atoms with Crippen molar-refractivity contribution in [2.24, 2.45) is 23.7 Å². The van der Waals surface area contributed by atoms with Crippen LogP contribution in [-0.4, -0.2) is 96.7 Å². The van der Waals surface area contributed by atoms with Crippen molar-refractivity contribution in [2.75, 3.05) is 39.6 Å². The molecule has 0 bridgehead atoms. The minimum atomic E-state index is -4.96. The molecule has 0 aromatic rings. The lowest BCUT2D eigenvalue weighted by Gasteiger charge is -2.21. The van der Waals surface area contributed by atoms with Gasteiger partial charge in [0.1, 0.15) is 19.3 Å². The summed E-state index contributed by atoms with van der Waals surface area (Å²) in [7, 11) is -9.91. The lowest BCUT2D eigenvalue weighted by molar-refractivity contribution is -0.161. The van der Waals surface area contributed by atoms with E-state index >= 15 is 0 Å². The standard InChI is InChI=1S/C78H152O17P2/c1-9-71(8)57-49-41-32-26-20-16-14-12-10-11-13-15-17-21-27-34-44-52-60-77(82)95-74(65-89-76(81)59-51-43-37-36-40-48-56-70(6)7)67-93-97(86,87)91-63-72(79)62-90-96(84,85)92-66-73(64-88-75(80)58-50-42-33-29-23-25-31-39-47-55-69(4)5)94-78(83)61-53-45-35-28-22-18-19-24-30-38-46-54-68(2)3/h68-74,79H,9-67H2,1-8H3,(H,84,85)(H,86,87)/t71?,72-,73-,74-/m1/s1. The average molecular weight is 1420 g/mol. The number of rotatable bonds is 75. The number of carbonyl (C=O) groups excluding carboxylic acids is 4. The van der Waals surface area contributed by atoms with E-state index in [1.54, 1.807) is 0 Å². The molecule has 0 fully saturated rings. The molecule has 0 aromatic carbocycles. The predicted molar refractivity (Wildman–Crippen MR) is 395 cm³/mol. The number of esters is 4. The second kappa shape index (κ2) is 67.2. The first-order valence-corrected chi connectivity index (χ1v) is 43.2. The molecule has 6 atom stereocenters. The number of phosphoric acid groups is 2. The highest BCUT2D eigenvalue weighted by molar-refractivity contribution is 7.47. The van der Waals surface area contributed by atoms with Crippen molar-refractivity contribution in [1.29, 1.82) is 0 Å². The molecule has 0 saturated carbocycles. The van der Waals surface area contributed by atoms with Crippen LogP contribution in [0.15, 0.2) is 0 Å². The van der Waals surface area contributed by atoms with Gasteiger partial charge in [-0.2, -0.15) is 0 Å². The summed E-state index contributed by atoms with van der Waals surface area (Å²) in [5, 5.41) is 10.6. The van der Waals surface area contributed by atoms with Gasteiger partial charge in [0.25, 0.3) is 0 Å². The molecule has 576 valence electrons. The van der Waals surface area contributed by atoms with Crippen LogP contribution in [0.1, 0.15) is 396 Å². The second-order valence-electron chi connectivity index (χ2n) is 29.8. The van der Waals surface area contributed by atoms with Gasteiger partial charge in [0.2, 0.25) is 0 Å². The van der Waals surface area contributed by atoms with Crippen LogP contribution >= 0.6 is 15.6 Å². The third kappa shape index (κ3) is 70.9. The first-order chi connectivity index (χ1) is 46.6. The molecular formula is C78H152O17P2. The van der Waals surface area contributed by atoms with Crippen LogP contribution in [0.25, 0.3) is 0 Å². The summed E-state index contributed by atoms with van der Waals surface area (Å²) in [5.74, 6) is 0.938. The Kier molecular flexibility index (Phi) is 65.9. The van der Waals surface area contributed by atoms with E-state index in [1.165, 1.54) is 193 Å². The molecule has 0 aliphatic heterocycles. The lowest BCUT2D eigenvalue weighted by Crippen LogP contribution is -2.30. The largest absolute Gasteiger partial charge is 0.472 e.